The van der Waals surface area contributed by atoms with E-state index in [1.807, 2.05) is 54.6 Å². The molecule has 20 heavy (non-hydrogen) atoms. The molecule has 3 nitrogen and oxygen atoms in total. The molecule has 2 aromatic carbocycles. The number of benzene rings is 2. The van der Waals surface area contributed by atoms with E-state index >= 15 is 0 Å². The van der Waals surface area contributed by atoms with Gasteiger partial charge < -0.3 is 10.1 Å². The Kier molecular flexibility index (Phi) is 4.65. The molecule has 3 heteroatoms. The minimum absolute atomic E-state index is 0.0452. The van der Waals surface area contributed by atoms with Crippen LogP contribution in [0.3, 0.4) is 0 Å². The van der Waals surface area contributed by atoms with Crippen molar-refractivity contribution in [1.29, 1.82) is 5.26 Å². The van der Waals surface area contributed by atoms with Gasteiger partial charge in [0.2, 0.25) is 0 Å². The summed E-state index contributed by atoms with van der Waals surface area (Å²) in [4.78, 5) is 0. The van der Waals surface area contributed by atoms with Crippen LogP contribution in [0.5, 0.6) is 5.75 Å². The molecule has 0 saturated carbocycles. The van der Waals surface area contributed by atoms with E-state index in [4.69, 9.17) is 16.4 Å². The molecule has 0 radical (unpaired) electrons. The highest BCUT2D eigenvalue weighted by Crippen LogP contribution is 2.19. The number of rotatable bonds is 5. The lowest BCUT2D eigenvalue weighted by molar-refractivity contribution is 0.364. The number of nitrogens with zero attached hydrogens (tertiary/aromatic N) is 1. The summed E-state index contributed by atoms with van der Waals surface area (Å²) in [6, 6.07) is 17.3. The lowest BCUT2D eigenvalue weighted by atomic mass is 10.1. The van der Waals surface area contributed by atoms with Crippen molar-refractivity contribution >= 4 is 5.69 Å². The van der Waals surface area contributed by atoms with E-state index in [0.717, 1.165) is 22.6 Å². The predicted octanol–water partition coefficient (Wildman–Crippen LogP) is 3.18. The first kappa shape index (κ1) is 13.5. The Hall–Kier alpha value is -2.91. The van der Waals surface area contributed by atoms with Crippen molar-refractivity contribution in [3.63, 3.8) is 0 Å². The molecular weight excluding hydrogens is 248 g/mol. The zero-order valence-corrected chi connectivity index (χ0v) is 11.0. The molecule has 0 spiro atoms. The number of nitriles is 1. The number of terminal acetylenes is 1. The lowest BCUT2D eigenvalue weighted by Crippen LogP contribution is -2.03. The van der Waals surface area contributed by atoms with Gasteiger partial charge in [0.05, 0.1) is 0 Å². The predicted molar refractivity (Wildman–Crippen MR) is 79.3 cm³/mol. The Bertz CT molecular complexity index is 665. The SMILES string of the molecule is C#Cc1cccc(NCc2ccccc2OCC#N)c1. The smallest absolute Gasteiger partial charge is 0.174 e. The van der Waals surface area contributed by atoms with Crippen LogP contribution in [0.4, 0.5) is 5.69 Å². The van der Waals surface area contributed by atoms with Crippen molar-refractivity contribution in [2.24, 2.45) is 0 Å². The summed E-state index contributed by atoms with van der Waals surface area (Å²) in [6.45, 7) is 0.652. The number of para-hydroxylation sites is 1. The summed E-state index contributed by atoms with van der Waals surface area (Å²) >= 11 is 0. The Morgan fingerprint density at radius 2 is 2.00 bits per heavy atom. The van der Waals surface area contributed by atoms with Gasteiger partial charge in [0, 0.05) is 23.4 Å². The molecule has 0 fully saturated rings. The molecule has 0 aliphatic rings. The van der Waals surface area contributed by atoms with E-state index in [2.05, 4.69) is 11.2 Å². The Morgan fingerprint density at radius 1 is 1.15 bits per heavy atom. The zero-order chi connectivity index (χ0) is 14.2. The number of hydrogen-bond donors (Lipinski definition) is 1. The molecule has 0 aliphatic carbocycles. The summed E-state index contributed by atoms with van der Waals surface area (Å²) in [5.74, 6) is 3.32. The molecule has 0 unspecified atom stereocenters. The van der Waals surface area contributed by atoms with Crippen LogP contribution in [-0.2, 0) is 6.54 Å². The molecule has 2 rings (SSSR count). The first-order valence-corrected chi connectivity index (χ1v) is 6.21. The van der Waals surface area contributed by atoms with E-state index < -0.39 is 0 Å². The molecule has 0 bridgehead atoms. The van der Waals surface area contributed by atoms with Crippen LogP contribution in [0.2, 0.25) is 0 Å². The summed E-state index contributed by atoms with van der Waals surface area (Å²) in [7, 11) is 0. The lowest BCUT2D eigenvalue weighted by Gasteiger charge is -2.11. The van der Waals surface area contributed by atoms with Crippen LogP contribution >= 0.6 is 0 Å². The highest BCUT2D eigenvalue weighted by atomic mass is 16.5. The van der Waals surface area contributed by atoms with Gasteiger partial charge in [-0.25, -0.2) is 0 Å². The Morgan fingerprint density at radius 3 is 2.80 bits per heavy atom. The zero-order valence-electron chi connectivity index (χ0n) is 11.0. The Balaban J connectivity index is 2.07. The van der Waals surface area contributed by atoms with Crippen molar-refractivity contribution in [2.75, 3.05) is 11.9 Å². The van der Waals surface area contributed by atoms with Crippen LogP contribution in [0.25, 0.3) is 0 Å². The maximum atomic E-state index is 8.57. The van der Waals surface area contributed by atoms with Crippen LogP contribution in [0.1, 0.15) is 11.1 Å². The van der Waals surface area contributed by atoms with Crippen LogP contribution < -0.4 is 10.1 Å². The van der Waals surface area contributed by atoms with Gasteiger partial charge in [0.25, 0.3) is 0 Å². The van der Waals surface area contributed by atoms with Gasteiger partial charge in [-0.3, -0.25) is 0 Å². The molecule has 0 heterocycles. The summed E-state index contributed by atoms with van der Waals surface area (Å²) in [6.07, 6.45) is 5.38. The maximum Gasteiger partial charge on any atom is 0.174 e. The third-order valence-electron chi connectivity index (χ3n) is 2.78. The van der Waals surface area contributed by atoms with Gasteiger partial charge in [0.1, 0.15) is 11.8 Å². The highest BCUT2D eigenvalue weighted by molar-refractivity contribution is 5.51. The number of nitrogens with one attached hydrogen (secondary N) is 1. The molecule has 0 aromatic heterocycles. The fourth-order valence-corrected chi connectivity index (χ4v) is 1.82. The molecule has 0 saturated heterocycles. The van der Waals surface area contributed by atoms with E-state index in [1.165, 1.54) is 0 Å². The average Bonchev–Trinajstić information content (AvgIpc) is 2.52. The van der Waals surface area contributed by atoms with Gasteiger partial charge >= 0.3 is 0 Å². The van der Waals surface area contributed by atoms with Crippen molar-refractivity contribution in [2.45, 2.75) is 6.54 Å². The van der Waals surface area contributed by atoms with Crippen molar-refractivity contribution in [3.05, 3.63) is 59.7 Å². The van der Waals surface area contributed by atoms with Crippen LogP contribution in [-0.4, -0.2) is 6.61 Å². The molecule has 98 valence electrons. The quantitative estimate of drug-likeness (QED) is 0.842. The third kappa shape index (κ3) is 3.54. The average molecular weight is 262 g/mol. The second kappa shape index (κ2) is 6.87. The third-order valence-corrected chi connectivity index (χ3v) is 2.78. The van der Waals surface area contributed by atoms with E-state index in [-0.39, 0.29) is 6.61 Å². The van der Waals surface area contributed by atoms with E-state index in [1.54, 1.807) is 0 Å². The second-order valence-electron chi connectivity index (χ2n) is 4.13. The highest BCUT2D eigenvalue weighted by Gasteiger charge is 2.02. The van der Waals surface area contributed by atoms with Gasteiger partial charge in [-0.15, -0.1) is 6.42 Å². The first-order valence-electron chi connectivity index (χ1n) is 6.21. The molecule has 0 atom stereocenters. The monoisotopic (exact) mass is 262 g/mol. The maximum absolute atomic E-state index is 8.57. The van der Waals surface area contributed by atoms with Gasteiger partial charge in [0.15, 0.2) is 6.61 Å². The van der Waals surface area contributed by atoms with Crippen molar-refractivity contribution in [3.8, 4) is 24.2 Å². The van der Waals surface area contributed by atoms with Crippen LogP contribution in [0, 0.1) is 23.7 Å². The molecule has 1 N–H and O–H groups in total. The number of anilines is 1. The van der Waals surface area contributed by atoms with Gasteiger partial charge in [-0.05, 0) is 24.3 Å². The summed E-state index contributed by atoms with van der Waals surface area (Å²) in [5.41, 5.74) is 2.79. The largest absolute Gasteiger partial charge is 0.478 e. The first-order chi connectivity index (χ1) is 9.83. The Labute approximate surface area is 118 Å². The summed E-state index contributed by atoms with van der Waals surface area (Å²) in [5, 5.41) is 11.9. The fraction of sp³-hybridized carbons (Fsp3) is 0.118. The summed E-state index contributed by atoms with van der Waals surface area (Å²) < 4.78 is 5.39. The second-order valence-corrected chi connectivity index (χ2v) is 4.13. The minimum Gasteiger partial charge on any atom is -0.478 e. The number of ether oxygens (including phenoxy) is 1. The number of hydrogen-bond acceptors (Lipinski definition) is 3. The van der Waals surface area contributed by atoms with E-state index in [0.29, 0.717) is 6.54 Å². The fourth-order valence-electron chi connectivity index (χ4n) is 1.82. The molecule has 2 aromatic rings. The van der Waals surface area contributed by atoms with Crippen molar-refractivity contribution < 1.29 is 4.74 Å². The molecular formula is C17H14N2O. The molecule has 0 amide bonds. The van der Waals surface area contributed by atoms with Gasteiger partial charge in [-0.2, -0.15) is 5.26 Å². The topological polar surface area (TPSA) is 45.0 Å². The van der Waals surface area contributed by atoms with Crippen molar-refractivity contribution in [1.82, 2.24) is 0 Å². The minimum atomic E-state index is 0.0452. The van der Waals surface area contributed by atoms with Crippen LogP contribution in [0.15, 0.2) is 48.5 Å². The van der Waals surface area contributed by atoms with Gasteiger partial charge in [-0.1, -0.05) is 30.2 Å². The standard InChI is InChI=1S/C17H14N2O/c1-2-14-6-5-8-16(12-14)19-13-15-7-3-4-9-17(15)20-11-10-18/h1,3-9,12,19H,11,13H2. The molecule has 0 aliphatic heterocycles. The van der Waals surface area contributed by atoms with E-state index in [9.17, 15) is 0 Å². The normalized spacial score (nSPS) is 9.30.